The standard InChI is InChI=1S/C17H21NO4S/c1-18(11-13-22-14-12-19)23(20,21)17-9-7-16(8-10-17)15-5-3-2-4-6-15/h2-10,19H,11-14H2,1H3. The molecule has 0 bridgehead atoms. The zero-order chi connectivity index (χ0) is 16.7. The number of ether oxygens (including phenoxy) is 1. The Balaban J connectivity index is 2.08. The molecule has 0 aliphatic rings. The largest absolute Gasteiger partial charge is 0.394 e. The third-order valence-electron chi connectivity index (χ3n) is 3.46. The molecular weight excluding hydrogens is 314 g/mol. The normalized spacial score (nSPS) is 11.8. The molecule has 6 heteroatoms. The third kappa shape index (κ3) is 4.62. The van der Waals surface area contributed by atoms with Gasteiger partial charge in [-0.3, -0.25) is 0 Å². The van der Waals surface area contributed by atoms with Gasteiger partial charge >= 0.3 is 0 Å². The van der Waals surface area contributed by atoms with Crippen molar-refractivity contribution in [2.75, 3.05) is 33.4 Å². The van der Waals surface area contributed by atoms with Crippen LogP contribution < -0.4 is 0 Å². The number of aliphatic hydroxyl groups excluding tert-OH is 1. The molecular formula is C17H21NO4S. The van der Waals surface area contributed by atoms with Crippen molar-refractivity contribution in [3.63, 3.8) is 0 Å². The second kappa shape index (κ2) is 8.21. The summed E-state index contributed by atoms with van der Waals surface area (Å²) in [6.45, 7) is 0.623. The Hall–Kier alpha value is -1.73. The van der Waals surface area contributed by atoms with Gasteiger partial charge in [0.25, 0.3) is 0 Å². The van der Waals surface area contributed by atoms with E-state index >= 15 is 0 Å². The smallest absolute Gasteiger partial charge is 0.242 e. The predicted molar refractivity (Wildman–Crippen MR) is 89.6 cm³/mol. The molecule has 0 aliphatic heterocycles. The lowest BCUT2D eigenvalue weighted by Crippen LogP contribution is -2.30. The zero-order valence-corrected chi connectivity index (χ0v) is 13.9. The minimum atomic E-state index is -3.53. The average Bonchev–Trinajstić information content (AvgIpc) is 2.59. The van der Waals surface area contributed by atoms with Crippen LogP contribution in [0.15, 0.2) is 59.5 Å². The van der Waals surface area contributed by atoms with Crippen LogP contribution in [0.5, 0.6) is 0 Å². The number of aliphatic hydroxyl groups is 1. The summed E-state index contributed by atoms with van der Waals surface area (Å²) in [5, 5.41) is 8.63. The number of sulfonamides is 1. The Morgan fingerprint density at radius 3 is 2.17 bits per heavy atom. The number of rotatable bonds is 8. The van der Waals surface area contributed by atoms with Crippen LogP contribution in [-0.2, 0) is 14.8 Å². The Morgan fingerprint density at radius 1 is 0.957 bits per heavy atom. The van der Waals surface area contributed by atoms with Crippen molar-refractivity contribution in [2.24, 2.45) is 0 Å². The van der Waals surface area contributed by atoms with Gasteiger partial charge in [-0.1, -0.05) is 42.5 Å². The molecule has 0 amide bonds. The summed E-state index contributed by atoms with van der Waals surface area (Å²) in [5.74, 6) is 0. The highest BCUT2D eigenvalue weighted by atomic mass is 32.2. The summed E-state index contributed by atoms with van der Waals surface area (Å²) >= 11 is 0. The SMILES string of the molecule is CN(CCOCCO)S(=O)(=O)c1ccc(-c2ccccc2)cc1. The minimum Gasteiger partial charge on any atom is -0.394 e. The van der Waals surface area contributed by atoms with E-state index in [1.165, 1.54) is 11.4 Å². The molecule has 0 aromatic heterocycles. The molecule has 0 aliphatic carbocycles. The van der Waals surface area contributed by atoms with Gasteiger partial charge in [-0.2, -0.15) is 4.31 Å². The number of likely N-dealkylation sites (N-methyl/N-ethyl adjacent to an activating group) is 1. The van der Waals surface area contributed by atoms with Gasteiger partial charge in [0, 0.05) is 13.6 Å². The van der Waals surface area contributed by atoms with E-state index in [0.29, 0.717) is 0 Å². The van der Waals surface area contributed by atoms with Crippen LogP contribution >= 0.6 is 0 Å². The number of hydrogen-bond donors (Lipinski definition) is 1. The summed E-state index contributed by atoms with van der Waals surface area (Å²) in [7, 11) is -2.02. The summed E-state index contributed by atoms with van der Waals surface area (Å²) in [6, 6.07) is 16.6. The maximum absolute atomic E-state index is 12.5. The first kappa shape index (κ1) is 17.6. The molecule has 0 heterocycles. The van der Waals surface area contributed by atoms with E-state index in [4.69, 9.17) is 9.84 Å². The molecule has 0 fully saturated rings. The number of hydrogen-bond acceptors (Lipinski definition) is 4. The van der Waals surface area contributed by atoms with Crippen molar-refractivity contribution in [3.8, 4) is 11.1 Å². The molecule has 124 valence electrons. The first-order chi connectivity index (χ1) is 11.1. The van der Waals surface area contributed by atoms with Crippen LogP contribution in [0.4, 0.5) is 0 Å². The Labute approximate surface area is 137 Å². The summed E-state index contributed by atoms with van der Waals surface area (Å²) in [6.07, 6.45) is 0. The Kier molecular flexibility index (Phi) is 6.29. The number of benzene rings is 2. The summed E-state index contributed by atoms with van der Waals surface area (Å²) in [5.41, 5.74) is 2.01. The molecule has 2 aromatic carbocycles. The molecule has 23 heavy (non-hydrogen) atoms. The highest BCUT2D eigenvalue weighted by Crippen LogP contribution is 2.22. The number of nitrogens with zero attached hydrogens (tertiary/aromatic N) is 1. The monoisotopic (exact) mass is 335 g/mol. The first-order valence-electron chi connectivity index (χ1n) is 7.36. The molecule has 0 unspecified atom stereocenters. The molecule has 0 saturated heterocycles. The predicted octanol–water partition coefficient (Wildman–Crippen LogP) is 1.98. The van der Waals surface area contributed by atoms with Gasteiger partial charge in [-0.15, -0.1) is 0 Å². The summed E-state index contributed by atoms with van der Waals surface area (Å²) in [4.78, 5) is 0.252. The molecule has 0 radical (unpaired) electrons. The van der Waals surface area contributed by atoms with Gasteiger partial charge in [0.1, 0.15) is 0 Å². The molecule has 2 aromatic rings. The molecule has 0 saturated carbocycles. The van der Waals surface area contributed by atoms with E-state index in [1.807, 2.05) is 30.3 Å². The molecule has 5 nitrogen and oxygen atoms in total. The fourth-order valence-electron chi connectivity index (χ4n) is 2.11. The van der Waals surface area contributed by atoms with Crippen molar-refractivity contribution in [1.82, 2.24) is 4.31 Å². The minimum absolute atomic E-state index is 0.0720. The van der Waals surface area contributed by atoms with Gasteiger partial charge < -0.3 is 9.84 Å². The fourth-order valence-corrected chi connectivity index (χ4v) is 3.26. The fraction of sp³-hybridized carbons (Fsp3) is 0.294. The lowest BCUT2D eigenvalue weighted by Gasteiger charge is -2.17. The van der Waals surface area contributed by atoms with Crippen LogP contribution in [0.1, 0.15) is 0 Å². The third-order valence-corrected chi connectivity index (χ3v) is 5.33. The van der Waals surface area contributed by atoms with Crippen LogP contribution in [0, 0.1) is 0 Å². The van der Waals surface area contributed by atoms with Gasteiger partial charge in [0.2, 0.25) is 10.0 Å². The van der Waals surface area contributed by atoms with Crippen LogP contribution in [0.2, 0.25) is 0 Å². The van der Waals surface area contributed by atoms with Crippen molar-refractivity contribution >= 4 is 10.0 Å². The van der Waals surface area contributed by atoms with E-state index < -0.39 is 10.0 Å². The quantitative estimate of drug-likeness (QED) is 0.749. The van der Waals surface area contributed by atoms with E-state index in [-0.39, 0.29) is 31.3 Å². The zero-order valence-electron chi connectivity index (χ0n) is 13.1. The lowest BCUT2D eigenvalue weighted by molar-refractivity contribution is 0.0876. The van der Waals surface area contributed by atoms with Crippen LogP contribution in [0.25, 0.3) is 11.1 Å². The first-order valence-corrected chi connectivity index (χ1v) is 8.80. The van der Waals surface area contributed by atoms with Crippen LogP contribution in [-0.4, -0.2) is 51.2 Å². The maximum atomic E-state index is 12.5. The van der Waals surface area contributed by atoms with E-state index in [9.17, 15) is 8.42 Å². The van der Waals surface area contributed by atoms with Gasteiger partial charge in [-0.05, 0) is 23.3 Å². The Morgan fingerprint density at radius 2 is 1.57 bits per heavy atom. The average molecular weight is 335 g/mol. The highest BCUT2D eigenvalue weighted by molar-refractivity contribution is 7.89. The van der Waals surface area contributed by atoms with Crippen LogP contribution in [0.3, 0.4) is 0 Å². The van der Waals surface area contributed by atoms with E-state index in [2.05, 4.69) is 0 Å². The molecule has 0 spiro atoms. The van der Waals surface area contributed by atoms with Crippen molar-refractivity contribution in [2.45, 2.75) is 4.90 Å². The molecule has 0 atom stereocenters. The topological polar surface area (TPSA) is 66.8 Å². The second-order valence-electron chi connectivity index (χ2n) is 5.05. The maximum Gasteiger partial charge on any atom is 0.242 e. The summed E-state index contributed by atoms with van der Waals surface area (Å²) < 4.78 is 31.3. The Bertz CT molecular complexity index is 699. The molecule has 1 N–H and O–H groups in total. The van der Waals surface area contributed by atoms with Crippen molar-refractivity contribution in [1.29, 1.82) is 0 Å². The second-order valence-corrected chi connectivity index (χ2v) is 7.10. The molecule has 2 rings (SSSR count). The van der Waals surface area contributed by atoms with Crippen molar-refractivity contribution < 1.29 is 18.3 Å². The van der Waals surface area contributed by atoms with E-state index in [0.717, 1.165) is 11.1 Å². The highest BCUT2D eigenvalue weighted by Gasteiger charge is 2.20. The van der Waals surface area contributed by atoms with Crippen molar-refractivity contribution in [3.05, 3.63) is 54.6 Å². The lowest BCUT2D eigenvalue weighted by atomic mass is 10.1. The van der Waals surface area contributed by atoms with Gasteiger partial charge in [0.05, 0.1) is 24.7 Å². The van der Waals surface area contributed by atoms with Gasteiger partial charge in [0.15, 0.2) is 0 Å². The van der Waals surface area contributed by atoms with Gasteiger partial charge in [-0.25, -0.2) is 8.42 Å². The van der Waals surface area contributed by atoms with E-state index in [1.54, 1.807) is 24.3 Å².